The van der Waals surface area contributed by atoms with Gasteiger partial charge in [-0.25, -0.2) is 0 Å². The van der Waals surface area contributed by atoms with E-state index in [1.807, 2.05) is 12.1 Å². The van der Waals surface area contributed by atoms with Crippen molar-refractivity contribution >= 4 is 11.4 Å². The maximum Gasteiger partial charge on any atom is 0.101 e. The maximum atomic E-state index is 8.73. The summed E-state index contributed by atoms with van der Waals surface area (Å²) in [6, 6.07) is 8.12. The summed E-state index contributed by atoms with van der Waals surface area (Å²) in [4.78, 5) is 0. The number of nitrogens with one attached hydrogen (secondary N) is 1. The quantitative estimate of drug-likeness (QED) is 0.669. The Balaban J connectivity index is 2.28. The minimum Gasteiger partial charge on any atom is -0.396 e. The molecule has 0 unspecified atom stereocenters. The van der Waals surface area contributed by atoms with E-state index in [1.54, 1.807) is 6.07 Å². The van der Waals surface area contributed by atoms with Crippen LogP contribution in [0.5, 0.6) is 0 Å². The smallest absolute Gasteiger partial charge is 0.101 e. The lowest BCUT2D eigenvalue weighted by atomic mass is 10.1. The highest BCUT2D eigenvalue weighted by Gasteiger charge is 2.21. The molecule has 66 valence electrons. The number of nitrogens with zero attached hydrogens (tertiary/aromatic N) is 1. The summed E-state index contributed by atoms with van der Waals surface area (Å²) < 4.78 is 0. The SMILES string of the molecule is N#Cc1cccc(NC2CC2)c1N. The topological polar surface area (TPSA) is 61.8 Å². The first-order chi connectivity index (χ1) is 6.31. The average molecular weight is 173 g/mol. The van der Waals surface area contributed by atoms with Crippen LogP contribution >= 0.6 is 0 Å². The normalized spacial score (nSPS) is 15.0. The van der Waals surface area contributed by atoms with Crippen molar-refractivity contribution in [3.63, 3.8) is 0 Å². The Morgan fingerprint density at radius 2 is 2.23 bits per heavy atom. The zero-order valence-corrected chi connectivity index (χ0v) is 7.25. The van der Waals surface area contributed by atoms with Crippen molar-refractivity contribution in [2.24, 2.45) is 0 Å². The summed E-state index contributed by atoms with van der Waals surface area (Å²) in [7, 11) is 0. The Kier molecular flexibility index (Phi) is 1.82. The first kappa shape index (κ1) is 7.93. The van der Waals surface area contributed by atoms with Crippen LogP contribution in [0.25, 0.3) is 0 Å². The molecule has 0 amide bonds. The highest BCUT2D eigenvalue weighted by Crippen LogP contribution is 2.29. The second kappa shape index (κ2) is 2.98. The van der Waals surface area contributed by atoms with Gasteiger partial charge in [-0.1, -0.05) is 6.07 Å². The molecule has 0 saturated heterocycles. The number of anilines is 2. The van der Waals surface area contributed by atoms with Gasteiger partial charge in [0.15, 0.2) is 0 Å². The molecule has 0 aromatic heterocycles. The Hall–Kier alpha value is -1.69. The van der Waals surface area contributed by atoms with Gasteiger partial charge in [-0.05, 0) is 25.0 Å². The molecule has 0 aliphatic heterocycles. The Labute approximate surface area is 77.2 Å². The number of hydrogen-bond acceptors (Lipinski definition) is 3. The molecule has 13 heavy (non-hydrogen) atoms. The van der Waals surface area contributed by atoms with Crippen LogP contribution in [0.2, 0.25) is 0 Å². The largest absolute Gasteiger partial charge is 0.396 e. The molecule has 3 heteroatoms. The fourth-order valence-corrected chi connectivity index (χ4v) is 1.24. The van der Waals surface area contributed by atoms with E-state index in [1.165, 1.54) is 12.8 Å². The lowest BCUT2D eigenvalue weighted by Gasteiger charge is -2.08. The van der Waals surface area contributed by atoms with E-state index in [2.05, 4.69) is 11.4 Å². The summed E-state index contributed by atoms with van der Waals surface area (Å²) in [5, 5.41) is 12.0. The molecule has 3 N–H and O–H groups in total. The van der Waals surface area contributed by atoms with Gasteiger partial charge < -0.3 is 11.1 Å². The van der Waals surface area contributed by atoms with E-state index >= 15 is 0 Å². The third-order valence-electron chi connectivity index (χ3n) is 2.16. The summed E-state index contributed by atoms with van der Waals surface area (Å²) in [6.07, 6.45) is 2.41. The highest BCUT2D eigenvalue weighted by molar-refractivity contribution is 5.73. The molecular formula is C10H11N3. The summed E-state index contributed by atoms with van der Waals surface area (Å²) >= 11 is 0. The first-order valence-electron chi connectivity index (χ1n) is 4.36. The zero-order valence-electron chi connectivity index (χ0n) is 7.25. The summed E-state index contributed by atoms with van der Waals surface area (Å²) in [6.45, 7) is 0. The van der Waals surface area contributed by atoms with E-state index in [4.69, 9.17) is 11.0 Å². The highest BCUT2D eigenvalue weighted by atomic mass is 15.0. The van der Waals surface area contributed by atoms with Crippen LogP contribution in [0, 0.1) is 11.3 Å². The maximum absolute atomic E-state index is 8.73. The Morgan fingerprint density at radius 3 is 2.85 bits per heavy atom. The van der Waals surface area contributed by atoms with Crippen molar-refractivity contribution in [2.75, 3.05) is 11.1 Å². The van der Waals surface area contributed by atoms with Crippen molar-refractivity contribution in [2.45, 2.75) is 18.9 Å². The van der Waals surface area contributed by atoms with Crippen molar-refractivity contribution < 1.29 is 0 Å². The van der Waals surface area contributed by atoms with Gasteiger partial charge in [0.1, 0.15) is 6.07 Å². The van der Waals surface area contributed by atoms with Crippen LogP contribution in [-0.2, 0) is 0 Å². The fraction of sp³-hybridized carbons (Fsp3) is 0.300. The number of benzene rings is 1. The Morgan fingerprint density at radius 1 is 1.46 bits per heavy atom. The molecule has 1 aromatic carbocycles. The minimum atomic E-state index is 0.547. The van der Waals surface area contributed by atoms with Gasteiger partial charge in [-0.2, -0.15) is 5.26 Å². The number of nitriles is 1. The summed E-state index contributed by atoms with van der Waals surface area (Å²) in [5.74, 6) is 0. The van der Waals surface area contributed by atoms with Gasteiger partial charge in [-0.15, -0.1) is 0 Å². The third-order valence-corrected chi connectivity index (χ3v) is 2.16. The predicted octanol–water partition coefficient (Wildman–Crippen LogP) is 1.71. The second-order valence-electron chi connectivity index (χ2n) is 3.30. The molecule has 1 fully saturated rings. The standard InChI is InChI=1S/C10H11N3/c11-6-7-2-1-3-9(10(7)12)13-8-4-5-8/h1-3,8,13H,4-5,12H2. The molecule has 1 aromatic rings. The van der Waals surface area contributed by atoms with Crippen LogP contribution < -0.4 is 11.1 Å². The molecular weight excluding hydrogens is 162 g/mol. The van der Waals surface area contributed by atoms with Gasteiger partial charge in [0.2, 0.25) is 0 Å². The van der Waals surface area contributed by atoms with Crippen LogP contribution in [0.3, 0.4) is 0 Å². The minimum absolute atomic E-state index is 0.547. The lowest BCUT2D eigenvalue weighted by Crippen LogP contribution is -2.04. The van der Waals surface area contributed by atoms with Crippen LogP contribution in [0.15, 0.2) is 18.2 Å². The number of para-hydroxylation sites is 1. The van der Waals surface area contributed by atoms with Gasteiger partial charge in [0.05, 0.1) is 16.9 Å². The number of nitrogen functional groups attached to an aromatic ring is 1. The van der Waals surface area contributed by atoms with E-state index in [9.17, 15) is 0 Å². The van der Waals surface area contributed by atoms with Gasteiger partial charge in [0, 0.05) is 6.04 Å². The third kappa shape index (κ3) is 1.57. The van der Waals surface area contributed by atoms with Crippen molar-refractivity contribution in [1.82, 2.24) is 0 Å². The zero-order chi connectivity index (χ0) is 9.26. The lowest BCUT2D eigenvalue weighted by molar-refractivity contribution is 1.16. The van der Waals surface area contributed by atoms with Gasteiger partial charge >= 0.3 is 0 Å². The van der Waals surface area contributed by atoms with Gasteiger partial charge in [0.25, 0.3) is 0 Å². The molecule has 3 nitrogen and oxygen atoms in total. The molecule has 0 bridgehead atoms. The predicted molar refractivity (Wildman–Crippen MR) is 52.2 cm³/mol. The molecule has 0 spiro atoms. The van der Waals surface area contributed by atoms with Crippen molar-refractivity contribution in [3.8, 4) is 6.07 Å². The van der Waals surface area contributed by atoms with E-state index in [0.29, 0.717) is 17.3 Å². The molecule has 2 rings (SSSR count). The molecule has 1 aliphatic rings. The molecule has 0 atom stereocenters. The number of rotatable bonds is 2. The molecule has 1 saturated carbocycles. The van der Waals surface area contributed by atoms with Crippen molar-refractivity contribution in [1.29, 1.82) is 5.26 Å². The molecule has 0 radical (unpaired) electrons. The summed E-state index contributed by atoms with van der Waals surface area (Å²) in [5.41, 5.74) is 7.79. The second-order valence-corrected chi connectivity index (χ2v) is 3.30. The van der Waals surface area contributed by atoms with E-state index in [0.717, 1.165) is 5.69 Å². The van der Waals surface area contributed by atoms with E-state index in [-0.39, 0.29) is 0 Å². The van der Waals surface area contributed by atoms with Crippen LogP contribution in [0.1, 0.15) is 18.4 Å². The molecule has 1 aliphatic carbocycles. The number of hydrogen-bond donors (Lipinski definition) is 2. The Bertz CT molecular complexity index is 361. The molecule has 0 heterocycles. The number of nitrogens with two attached hydrogens (primary N) is 1. The van der Waals surface area contributed by atoms with E-state index < -0.39 is 0 Å². The van der Waals surface area contributed by atoms with Gasteiger partial charge in [-0.3, -0.25) is 0 Å². The van der Waals surface area contributed by atoms with Crippen LogP contribution in [0.4, 0.5) is 11.4 Å². The van der Waals surface area contributed by atoms with Crippen molar-refractivity contribution in [3.05, 3.63) is 23.8 Å². The fourth-order valence-electron chi connectivity index (χ4n) is 1.24. The average Bonchev–Trinajstić information content (AvgIpc) is 2.92. The first-order valence-corrected chi connectivity index (χ1v) is 4.36. The monoisotopic (exact) mass is 173 g/mol. The van der Waals surface area contributed by atoms with Crippen LogP contribution in [-0.4, -0.2) is 6.04 Å².